The quantitative estimate of drug-likeness (QED) is 0.226. The van der Waals surface area contributed by atoms with Crippen molar-refractivity contribution in [3.05, 3.63) is 82.6 Å². The van der Waals surface area contributed by atoms with E-state index in [1.54, 1.807) is 12.3 Å². The summed E-state index contributed by atoms with van der Waals surface area (Å²) in [6.07, 6.45) is 10.8. The van der Waals surface area contributed by atoms with Gasteiger partial charge in [0, 0.05) is 40.9 Å². The number of nitrogens with zero attached hydrogens (tertiary/aromatic N) is 2. The zero-order chi connectivity index (χ0) is 29.4. The molecule has 3 heterocycles. The first-order valence-corrected chi connectivity index (χ1v) is 15.5. The van der Waals surface area contributed by atoms with Crippen molar-refractivity contribution < 1.29 is 14.6 Å². The first kappa shape index (κ1) is 28.6. The second-order valence-corrected chi connectivity index (χ2v) is 13.5. The molecule has 2 atom stereocenters. The third kappa shape index (κ3) is 6.00. The minimum absolute atomic E-state index is 0.161. The molecule has 0 radical (unpaired) electrons. The van der Waals surface area contributed by atoms with Crippen LogP contribution in [-0.2, 0) is 0 Å². The number of rotatable bonds is 7. The number of ether oxygens (including phenoxy) is 1. The van der Waals surface area contributed by atoms with Crippen LogP contribution in [0.1, 0.15) is 79.8 Å². The van der Waals surface area contributed by atoms with Crippen LogP contribution in [0.2, 0.25) is 5.02 Å². The maximum atomic E-state index is 12.1. The first-order valence-electron chi connectivity index (χ1n) is 15.2. The van der Waals surface area contributed by atoms with E-state index in [-0.39, 0.29) is 5.56 Å². The minimum atomic E-state index is -1.00. The number of anilines is 1. The van der Waals surface area contributed by atoms with Gasteiger partial charge in [-0.25, -0.2) is 9.78 Å². The predicted octanol–water partition coefficient (Wildman–Crippen LogP) is 9.23. The van der Waals surface area contributed by atoms with Crippen molar-refractivity contribution in [2.24, 2.45) is 17.3 Å². The molecule has 2 fully saturated rings. The molecule has 7 heteroatoms. The number of hydrogen-bond acceptors (Lipinski definition) is 4. The molecule has 2 unspecified atom stereocenters. The first-order chi connectivity index (χ1) is 20.2. The molecule has 2 aliphatic rings. The van der Waals surface area contributed by atoms with E-state index in [0.29, 0.717) is 34.7 Å². The van der Waals surface area contributed by atoms with Crippen molar-refractivity contribution in [3.8, 4) is 11.5 Å². The zero-order valence-corrected chi connectivity index (χ0v) is 25.5. The molecule has 4 aromatic rings. The fourth-order valence-electron chi connectivity index (χ4n) is 7.28. The lowest BCUT2D eigenvalue weighted by atomic mass is 9.63. The smallest absolute Gasteiger partial charge is 0.339 e. The number of aromatic amines is 1. The molecule has 1 saturated heterocycles. The SMILES string of the molecule is Cc1c(N2CCC(CC3CCC(C)(C)CC3c3ccc(Cl)cc3)CC2)ccc(C(=O)O)c1Oc1cnc2[nH]ccc2c1. The molecule has 1 saturated carbocycles. The second kappa shape index (κ2) is 11.6. The van der Waals surface area contributed by atoms with Crippen molar-refractivity contribution in [1.82, 2.24) is 9.97 Å². The van der Waals surface area contributed by atoms with Crippen LogP contribution in [0.3, 0.4) is 0 Å². The molecule has 42 heavy (non-hydrogen) atoms. The van der Waals surface area contributed by atoms with E-state index in [2.05, 4.69) is 40.8 Å². The van der Waals surface area contributed by atoms with Gasteiger partial charge in [0.25, 0.3) is 0 Å². The summed E-state index contributed by atoms with van der Waals surface area (Å²) in [5, 5.41) is 11.6. The number of aromatic carboxylic acids is 1. The van der Waals surface area contributed by atoms with Crippen LogP contribution in [0, 0.1) is 24.2 Å². The van der Waals surface area contributed by atoms with Crippen LogP contribution >= 0.6 is 11.6 Å². The highest BCUT2D eigenvalue weighted by Crippen LogP contribution is 2.50. The minimum Gasteiger partial charge on any atom is -0.478 e. The van der Waals surface area contributed by atoms with Gasteiger partial charge in [-0.05, 0) is 111 Å². The van der Waals surface area contributed by atoms with Crippen molar-refractivity contribution in [2.45, 2.75) is 65.2 Å². The molecule has 220 valence electrons. The number of aromatic nitrogens is 2. The van der Waals surface area contributed by atoms with Gasteiger partial charge in [-0.15, -0.1) is 0 Å². The predicted molar refractivity (Wildman–Crippen MR) is 169 cm³/mol. The van der Waals surface area contributed by atoms with Gasteiger partial charge in [0.05, 0.1) is 6.20 Å². The Morgan fingerprint density at radius 3 is 2.62 bits per heavy atom. The Balaban J connectivity index is 1.16. The monoisotopic (exact) mass is 585 g/mol. The molecule has 1 aliphatic heterocycles. The summed E-state index contributed by atoms with van der Waals surface area (Å²) in [4.78, 5) is 22.0. The van der Waals surface area contributed by atoms with Gasteiger partial charge in [0.15, 0.2) is 0 Å². The summed E-state index contributed by atoms with van der Waals surface area (Å²) in [5.41, 5.74) is 4.62. The Labute approximate surface area is 253 Å². The van der Waals surface area contributed by atoms with E-state index >= 15 is 0 Å². The molecular formula is C35H40ClN3O3. The summed E-state index contributed by atoms with van der Waals surface area (Å²) >= 11 is 6.22. The average Bonchev–Trinajstić information content (AvgIpc) is 3.44. The lowest BCUT2D eigenvalue weighted by Crippen LogP contribution is -2.36. The largest absolute Gasteiger partial charge is 0.478 e. The third-order valence-corrected chi connectivity index (χ3v) is 9.88. The fraction of sp³-hybridized carbons (Fsp3) is 0.429. The number of hydrogen-bond donors (Lipinski definition) is 2. The van der Waals surface area contributed by atoms with Crippen LogP contribution < -0.4 is 9.64 Å². The Hall–Kier alpha value is -3.51. The molecule has 6 rings (SSSR count). The van der Waals surface area contributed by atoms with Gasteiger partial charge in [-0.1, -0.05) is 37.6 Å². The van der Waals surface area contributed by atoms with Crippen molar-refractivity contribution >= 4 is 34.3 Å². The zero-order valence-electron chi connectivity index (χ0n) is 24.7. The van der Waals surface area contributed by atoms with Crippen molar-refractivity contribution in [2.75, 3.05) is 18.0 Å². The molecule has 0 spiro atoms. The van der Waals surface area contributed by atoms with Crippen LogP contribution in [-0.4, -0.2) is 34.1 Å². The molecule has 1 aliphatic carbocycles. The number of H-pyrrole nitrogens is 1. The van der Waals surface area contributed by atoms with E-state index in [9.17, 15) is 9.90 Å². The van der Waals surface area contributed by atoms with Gasteiger partial charge in [0.1, 0.15) is 22.7 Å². The highest BCUT2D eigenvalue weighted by molar-refractivity contribution is 6.30. The Morgan fingerprint density at radius 2 is 1.88 bits per heavy atom. The van der Waals surface area contributed by atoms with E-state index in [1.807, 2.05) is 43.5 Å². The Morgan fingerprint density at radius 1 is 1.12 bits per heavy atom. The lowest BCUT2D eigenvalue weighted by molar-refractivity contribution is 0.0694. The molecular weight excluding hydrogens is 546 g/mol. The highest BCUT2D eigenvalue weighted by Gasteiger charge is 2.37. The van der Waals surface area contributed by atoms with Crippen LogP contribution in [0.4, 0.5) is 5.69 Å². The normalized spacial score (nSPS) is 21.0. The standard InChI is InChI=1S/C35H40ClN3O3/c1-22-31(9-8-29(34(40)41)32(22)42-28-19-26-11-15-37-33(26)38-21-28)39-16-12-23(13-17-39)18-25-10-14-35(2,3)20-30(25)24-4-6-27(36)7-5-24/h4-9,11,15,19,21,23,25,30H,10,12-14,16-18,20H2,1-3H3,(H,37,38)(H,40,41). The molecule has 6 nitrogen and oxygen atoms in total. The summed E-state index contributed by atoms with van der Waals surface area (Å²) in [5.74, 6) is 1.87. The Bertz CT molecular complexity index is 1570. The number of carboxylic acid groups (broad SMARTS) is 1. The average molecular weight is 586 g/mol. The topological polar surface area (TPSA) is 78.5 Å². The van der Waals surface area contributed by atoms with Crippen LogP contribution in [0.5, 0.6) is 11.5 Å². The molecule has 0 amide bonds. The number of nitrogens with one attached hydrogen (secondary N) is 1. The van der Waals surface area contributed by atoms with E-state index in [0.717, 1.165) is 53.2 Å². The summed E-state index contributed by atoms with van der Waals surface area (Å²) in [7, 11) is 0. The summed E-state index contributed by atoms with van der Waals surface area (Å²) < 4.78 is 6.22. The molecule has 2 N–H and O–H groups in total. The number of piperidine rings is 1. The van der Waals surface area contributed by atoms with Crippen LogP contribution in [0.15, 0.2) is 60.9 Å². The van der Waals surface area contributed by atoms with Crippen molar-refractivity contribution in [3.63, 3.8) is 0 Å². The van der Waals surface area contributed by atoms with Gasteiger partial charge >= 0.3 is 5.97 Å². The number of benzene rings is 2. The lowest BCUT2D eigenvalue weighted by Gasteiger charge is -2.43. The number of fused-ring (bicyclic) bond motifs is 1. The highest BCUT2D eigenvalue weighted by atomic mass is 35.5. The number of carbonyl (C=O) groups is 1. The molecule has 2 aromatic carbocycles. The summed E-state index contributed by atoms with van der Waals surface area (Å²) in [6, 6.07) is 16.0. The maximum Gasteiger partial charge on any atom is 0.339 e. The Kier molecular flexibility index (Phi) is 7.93. The maximum absolute atomic E-state index is 12.1. The van der Waals surface area contributed by atoms with Gasteiger partial charge in [-0.2, -0.15) is 0 Å². The summed E-state index contributed by atoms with van der Waals surface area (Å²) in [6.45, 7) is 8.70. The number of carboxylic acids is 1. The molecule has 0 bridgehead atoms. The van der Waals surface area contributed by atoms with Gasteiger partial charge in [0.2, 0.25) is 0 Å². The van der Waals surface area contributed by atoms with Gasteiger partial charge in [-0.3, -0.25) is 0 Å². The number of halogens is 1. The van der Waals surface area contributed by atoms with Crippen LogP contribution in [0.25, 0.3) is 11.0 Å². The fourth-order valence-corrected chi connectivity index (χ4v) is 7.40. The van der Waals surface area contributed by atoms with E-state index in [1.165, 1.54) is 31.2 Å². The number of pyridine rings is 1. The van der Waals surface area contributed by atoms with E-state index < -0.39 is 5.97 Å². The second-order valence-electron chi connectivity index (χ2n) is 13.1. The van der Waals surface area contributed by atoms with E-state index in [4.69, 9.17) is 16.3 Å². The third-order valence-electron chi connectivity index (χ3n) is 9.63. The molecule has 2 aromatic heterocycles. The van der Waals surface area contributed by atoms with Crippen molar-refractivity contribution in [1.29, 1.82) is 0 Å². The van der Waals surface area contributed by atoms with Gasteiger partial charge < -0.3 is 19.7 Å².